The van der Waals surface area contributed by atoms with Crippen LogP contribution >= 0.6 is 27.5 Å². The monoisotopic (exact) mass is 430 g/mol. The Morgan fingerprint density at radius 1 is 1.40 bits per heavy atom. The van der Waals surface area contributed by atoms with Gasteiger partial charge in [0.05, 0.1) is 24.9 Å². The second kappa shape index (κ2) is 8.80. The van der Waals surface area contributed by atoms with Crippen LogP contribution < -0.4 is 0 Å². The standard InChI is InChI=1S/C17H20BrClN2O4/c1-4-25-16(23)13-14(15(22)11-5-7-12(19)8-6-11)21(17(18)20-13)10(2)9-24-3/h5-8,10,15,22H,4,9H2,1-3H3/t10-,15-/m0/s1. The number of carbonyl (C=O) groups is 1. The van der Waals surface area contributed by atoms with Gasteiger partial charge in [-0.3, -0.25) is 0 Å². The number of hydrogen-bond acceptors (Lipinski definition) is 5. The molecule has 1 heterocycles. The minimum Gasteiger partial charge on any atom is -0.461 e. The van der Waals surface area contributed by atoms with Crippen molar-refractivity contribution in [1.82, 2.24) is 9.55 Å². The normalized spacial score (nSPS) is 13.5. The Morgan fingerprint density at radius 3 is 2.60 bits per heavy atom. The van der Waals surface area contributed by atoms with Crippen molar-refractivity contribution in [2.75, 3.05) is 20.3 Å². The number of carbonyl (C=O) groups excluding carboxylic acids is 1. The number of ether oxygens (including phenoxy) is 2. The molecule has 0 spiro atoms. The molecule has 6 nitrogen and oxygen atoms in total. The van der Waals surface area contributed by atoms with E-state index in [1.54, 1.807) is 42.9 Å². The first kappa shape index (κ1) is 19.9. The van der Waals surface area contributed by atoms with E-state index < -0.39 is 12.1 Å². The SMILES string of the molecule is CCOC(=O)c1nc(Br)n([C@@H](C)COC)c1[C@@H](O)c1ccc(Cl)cc1. The lowest BCUT2D eigenvalue weighted by Gasteiger charge is -2.21. The number of aliphatic hydroxyl groups is 1. The summed E-state index contributed by atoms with van der Waals surface area (Å²) in [4.78, 5) is 16.6. The maximum absolute atomic E-state index is 12.3. The number of benzene rings is 1. The molecular formula is C17H20BrClN2O4. The quantitative estimate of drug-likeness (QED) is 0.676. The molecule has 0 fully saturated rings. The molecular weight excluding hydrogens is 412 g/mol. The zero-order chi connectivity index (χ0) is 18.6. The summed E-state index contributed by atoms with van der Waals surface area (Å²) in [6, 6.07) is 6.60. The number of aliphatic hydroxyl groups excluding tert-OH is 1. The molecule has 0 aliphatic heterocycles. The summed E-state index contributed by atoms with van der Waals surface area (Å²) < 4.78 is 12.4. The number of nitrogens with zero attached hydrogens (tertiary/aromatic N) is 2. The Morgan fingerprint density at radius 2 is 2.04 bits per heavy atom. The molecule has 0 saturated heterocycles. The minimum absolute atomic E-state index is 0.0686. The average Bonchev–Trinajstić information content (AvgIpc) is 2.93. The van der Waals surface area contributed by atoms with Crippen LogP contribution in [0.5, 0.6) is 0 Å². The van der Waals surface area contributed by atoms with E-state index in [-0.39, 0.29) is 18.3 Å². The first-order chi connectivity index (χ1) is 11.9. The molecule has 2 rings (SSSR count). The van der Waals surface area contributed by atoms with Gasteiger partial charge in [0.1, 0.15) is 6.10 Å². The van der Waals surface area contributed by atoms with Gasteiger partial charge in [0.25, 0.3) is 0 Å². The third-order valence-electron chi connectivity index (χ3n) is 3.67. The van der Waals surface area contributed by atoms with Gasteiger partial charge in [-0.25, -0.2) is 9.78 Å². The van der Waals surface area contributed by atoms with Crippen molar-refractivity contribution in [3.63, 3.8) is 0 Å². The van der Waals surface area contributed by atoms with Crippen LogP contribution in [0.2, 0.25) is 5.02 Å². The van der Waals surface area contributed by atoms with E-state index in [9.17, 15) is 9.90 Å². The fraction of sp³-hybridized carbons (Fsp3) is 0.412. The van der Waals surface area contributed by atoms with Crippen LogP contribution in [0.25, 0.3) is 0 Å². The zero-order valence-corrected chi connectivity index (χ0v) is 16.5. The van der Waals surface area contributed by atoms with Crippen LogP contribution in [-0.2, 0) is 9.47 Å². The van der Waals surface area contributed by atoms with Crippen LogP contribution in [-0.4, -0.2) is 41.0 Å². The van der Waals surface area contributed by atoms with Crippen molar-refractivity contribution in [1.29, 1.82) is 0 Å². The highest BCUT2D eigenvalue weighted by atomic mass is 79.9. The highest BCUT2D eigenvalue weighted by Crippen LogP contribution is 2.32. The first-order valence-electron chi connectivity index (χ1n) is 7.77. The van der Waals surface area contributed by atoms with E-state index in [1.165, 1.54) is 0 Å². The molecule has 0 radical (unpaired) electrons. The molecule has 2 aromatic rings. The lowest BCUT2D eigenvalue weighted by molar-refractivity contribution is 0.0513. The van der Waals surface area contributed by atoms with Crippen LogP contribution in [0.15, 0.2) is 29.0 Å². The molecule has 25 heavy (non-hydrogen) atoms. The van der Waals surface area contributed by atoms with Gasteiger partial charge < -0.3 is 19.1 Å². The van der Waals surface area contributed by atoms with E-state index in [0.717, 1.165) is 0 Å². The van der Waals surface area contributed by atoms with E-state index in [0.29, 0.717) is 27.6 Å². The number of methoxy groups -OCH3 is 1. The Bertz CT molecular complexity index is 733. The summed E-state index contributed by atoms with van der Waals surface area (Å²) in [7, 11) is 1.59. The van der Waals surface area contributed by atoms with Gasteiger partial charge in [-0.2, -0.15) is 0 Å². The molecule has 136 valence electrons. The Labute approximate surface area is 159 Å². The topological polar surface area (TPSA) is 73.6 Å². The molecule has 8 heteroatoms. The van der Waals surface area contributed by atoms with Crippen LogP contribution in [0.1, 0.15) is 47.7 Å². The van der Waals surface area contributed by atoms with Crippen molar-refractivity contribution in [3.05, 3.63) is 51.0 Å². The molecule has 0 aliphatic rings. The third kappa shape index (κ3) is 4.41. The molecule has 0 bridgehead atoms. The van der Waals surface area contributed by atoms with Gasteiger partial charge >= 0.3 is 5.97 Å². The number of hydrogen-bond donors (Lipinski definition) is 1. The van der Waals surface area contributed by atoms with Crippen molar-refractivity contribution >= 4 is 33.5 Å². The molecule has 0 unspecified atom stereocenters. The molecule has 0 saturated carbocycles. The van der Waals surface area contributed by atoms with Crippen LogP contribution in [0.3, 0.4) is 0 Å². The van der Waals surface area contributed by atoms with Crippen molar-refractivity contribution in [2.24, 2.45) is 0 Å². The van der Waals surface area contributed by atoms with Gasteiger partial charge in [-0.15, -0.1) is 0 Å². The summed E-state index contributed by atoms with van der Waals surface area (Å²) in [6.07, 6.45) is -1.07. The molecule has 1 aromatic carbocycles. The predicted octanol–water partition coefficient (Wildman–Crippen LogP) is 3.76. The van der Waals surface area contributed by atoms with Crippen molar-refractivity contribution in [2.45, 2.75) is 26.0 Å². The lowest BCUT2D eigenvalue weighted by atomic mass is 10.0. The summed E-state index contributed by atoms with van der Waals surface area (Å²) in [6.45, 7) is 4.22. The molecule has 1 N–H and O–H groups in total. The van der Waals surface area contributed by atoms with Gasteiger partial charge in [-0.05, 0) is 47.5 Å². The summed E-state index contributed by atoms with van der Waals surface area (Å²) in [5, 5.41) is 11.5. The van der Waals surface area contributed by atoms with E-state index in [1.807, 2.05) is 6.92 Å². The van der Waals surface area contributed by atoms with E-state index >= 15 is 0 Å². The number of imidazole rings is 1. The first-order valence-corrected chi connectivity index (χ1v) is 8.95. The van der Waals surface area contributed by atoms with E-state index in [2.05, 4.69) is 20.9 Å². The summed E-state index contributed by atoms with van der Waals surface area (Å²) in [5.41, 5.74) is 1.00. The van der Waals surface area contributed by atoms with Crippen molar-refractivity contribution < 1.29 is 19.4 Å². The van der Waals surface area contributed by atoms with Crippen molar-refractivity contribution in [3.8, 4) is 0 Å². The number of esters is 1. The lowest BCUT2D eigenvalue weighted by Crippen LogP contribution is -2.19. The molecule has 0 aliphatic carbocycles. The minimum atomic E-state index is -1.07. The zero-order valence-electron chi connectivity index (χ0n) is 14.2. The summed E-state index contributed by atoms with van der Waals surface area (Å²) in [5.74, 6) is -0.588. The Hall–Kier alpha value is -1.41. The van der Waals surface area contributed by atoms with Crippen LogP contribution in [0.4, 0.5) is 0 Å². The second-order valence-corrected chi connectivity index (χ2v) is 6.61. The molecule has 1 aromatic heterocycles. The molecule has 0 amide bonds. The Kier molecular flexibility index (Phi) is 7.01. The fourth-order valence-corrected chi connectivity index (χ4v) is 3.41. The molecule has 2 atom stereocenters. The average molecular weight is 432 g/mol. The highest BCUT2D eigenvalue weighted by Gasteiger charge is 2.30. The largest absolute Gasteiger partial charge is 0.461 e. The number of halogens is 2. The van der Waals surface area contributed by atoms with Crippen LogP contribution in [0, 0.1) is 0 Å². The number of aromatic nitrogens is 2. The second-order valence-electron chi connectivity index (χ2n) is 5.46. The Balaban J connectivity index is 2.57. The predicted molar refractivity (Wildman–Crippen MR) is 98.0 cm³/mol. The summed E-state index contributed by atoms with van der Waals surface area (Å²) >= 11 is 9.28. The number of rotatable bonds is 7. The maximum atomic E-state index is 12.3. The highest BCUT2D eigenvalue weighted by molar-refractivity contribution is 9.10. The fourth-order valence-electron chi connectivity index (χ4n) is 2.57. The van der Waals surface area contributed by atoms with E-state index in [4.69, 9.17) is 21.1 Å². The van der Waals surface area contributed by atoms with Gasteiger partial charge in [0.15, 0.2) is 10.4 Å². The van der Waals surface area contributed by atoms with Gasteiger partial charge in [-0.1, -0.05) is 23.7 Å². The maximum Gasteiger partial charge on any atom is 0.358 e. The smallest absolute Gasteiger partial charge is 0.358 e. The van der Waals surface area contributed by atoms with Gasteiger partial charge in [0.2, 0.25) is 0 Å². The van der Waals surface area contributed by atoms with Gasteiger partial charge in [0, 0.05) is 12.1 Å². The third-order valence-corrected chi connectivity index (χ3v) is 4.48.